The Hall–Kier alpha value is -1.97. The zero-order chi connectivity index (χ0) is 13.4. The fraction of sp³-hybridized carbons (Fsp3) is 0.357. The van der Waals surface area contributed by atoms with Gasteiger partial charge in [0.05, 0.1) is 7.11 Å². The highest BCUT2D eigenvalue weighted by Crippen LogP contribution is 2.06. The molecule has 4 nitrogen and oxygen atoms in total. The fourth-order valence-electron chi connectivity index (χ4n) is 1.52. The molecule has 4 heteroatoms. The minimum Gasteiger partial charge on any atom is -0.469 e. The molecule has 0 aromatic heterocycles. The average molecular weight is 248 g/mol. The Labute approximate surface area is 106 Å². The predicted molar refractivity (Wildman–Crippen MR) is 66.3 cm³/mol. The van der Waals surface area contributed by atoms with Crippen molar-refractivity contribution >= 4 is 17.5 Å². The highest BCUT2D eigenvalue weighted by molar-refractivity contribution is 6.43. The van der Waals surface area contributed by atoms with E-state index in [0.29, 0.717) is 18.4 Å². The Morgan fingerprint density at radius 2 is 1.61 bits per heavy atom. The number of carbonyl (C=O) groups excluding carboxylic acids is 3. The summed E-state index contributed by atoms with van der Waals surface area (Å²) in [6.07, 6.45) is 1.53. The molecule has 96 valence electrons. The highest BCUT2D eigenvalue weighted by atomic mass is 16.5. The van der Waals surface area contributed by atoms with Gasteiger partial charge in [0.25, 0.3) is 0 Å². The highest BCUT2D eigenvalue weighted by Gasteiger charge is 2.15. The van der Waals surface area contributed by atoms with Gasteiger partial charge in [-0.15, -0.1) is 0 Å². The topological polar surface area (TPSA) is 60.4 Å². The maximum Gasteiger partial charge on any atom is 0.305 e. The predicted octanol–water partition coefficient (Wildman–Crippen LogP) is 2.17. The Morgan fingerprint density at radius 1 is 1.00 bits per heavy atom. The number of unbranched alkanes of at least 4 members (excludes halogenated alkanes) is 1. The van der Waals surface area contributed by atoms with E-state index in [-0.39, 0.29) is 18.8 Å². The summed E-state index contributed by atoms with van der Waals surface area (Å²) in [4.78, 5) is 34.1. The average Bonchev–Trinajstić information content (AvgIpc) is 2.43. The number of methoxy groups -OCH3 is 1. The van der Waals surface area contributed by atoms with E-state index in [0.717, 1.165) is 0 Å². The van der Waals surface area contributed by atoms with Crippen LogP contribution in [0.3, 0.4) is 0 Å². The molecule has 1 aromatic rings. The van der Waals surface area contributed by atoms with Crippen molar-refractivity contribution in [1.29, 1.82) is 0 Å². The van der Waals surface area contributed by atoms with Crippen molar-refractivity contribution in [2.24, 2.45) is 0 Å². The third-order valence-electron chi connectivity index (χ3n) is 2.55. The van der Waals surface area contributed by atoms with E-state index in [1.54, 1.807) is 30.3 Å². The molecule has 0 aliphatic carbocycles. The van der Waals surface area contributed by atoms with Crippen LogP contribution < -0.4 is 0 Å². The molecule has 0 radical (unpaired) electrons. The first-order valence-electron chi connectivity index (χ1n) is 5.84. The quantitative estimate of drug-likeness (QED) is 0.321. The standard InChI is InChI=1S/C14H16O4/c1-18-13(16)10-6-5-9-12(15)14(17)11-7-3-2-4-8-11/h2-4,7-8H,5-6,9-10H2,1H3. The van der Waals surface area contributed by atoms with E-state index in [9.17, 15) is 14.4 Å². The summed E-state index contributed by atoms with van der Waals surface area (Å²) in [5.41, 5.74) is 0.412. The third-order valence-corrected chi connectivity index (χ3v) is 2.55. The molecule has 0 heterocycles. The second-order valence-corrected chi connectivity index (χ2v) is 3.90. The van der Waals surface area contributed by atoms with E-state index in [1.165, 1.54) is 7.11 Å². The van der Waals surface area contributed by atoms with Crippen LogP contribution in [-0.4, -0.2) is 24.6 Å². The summed E-state index contributed by atoms with van der Waals surface area (Å²) in [7, 11) is 1.33. The molecule has 18 heavy (non-hydrogen) atoms. The van der Waals surface area contributed by atoms with Gasteiger partial charge in [-0.05, 0) is 12.8 Å². The number of hydrogen-bond acceptors (Lipinski definition) is 4. The van der Waals surface area contributed by atoms with Gasteiger partial charge in [0, 0.05) is 18.4 Å². The maximum absolute atomic E-state index is 11.7. The van der Waals surface area contributed by atoms with Crippen LogP contribution in [0.15, 0.2) is 30.3 Å². The Kier molecular flexibility index (Phi) is 5.77. The molecule has 1 aromatic carbocycles. The van der Waals surface area contributed by atoms with Gasteiger partial charge in [0.15, 0.2) is 0 Å². The number of rotatable bonds is 7. The smallest absolute Gasteiger partial charge is 0.305 e. The number of ether oxygens (including phenoxy) is 1. The van der Waals surface area contributed by atoms with E-state index >= 15 is 0 Å². The van der Waals surface area contributed by atoms with E-state index in [1.807, 2.05) is 0 Å². The van der Waals surface area contributed by atoms with Gasteiger partial charge in [-0.25, -0.2) is 0 Å². The fourth-order valence-corrected chi connectivity index (χ4v) is 1.52. The maximum atomic E-state index is 11.7. The van der Waals surface area contributed by atoms with Crippen molar-refractivity contribution in [2.45, 2.75) is 25.7 Å². The first-order valence-corrected chi connectivity index (χ1v) is 5.84. The monoisotopic (exact) mass is 248 g/mol. The Bertz CT molecular complexity index is 423. The first-order chi connectivity index (χ1) is 8.65. The molecule has 0 fully saturated rings. The zero-order valence-electron chi connectivity index (χ0n) is 10.3. The third kappa shape index (κ3) is 4.49. The van der Waals surface area contributed by atoms with Crippen LogP contribution in [0.2, 0.25) is 0 Å². The van der Waals surface area contributed by atoms with Crippen molar-refractivity contribution in [3.8, 4) is 0 Å². The summed E-state index contributed by atoms with van der Waals surface area (Å²) in [5.74, 6) is -1.17. The summed E-state index contributed by atoms with van der Waals surface area (Å²) in [6.45, 7) is 0. The lowest BCUT2D eigenvalue weighted by molar-refractivity contribution is -0.140. The molecule has 0 aliphatic rings. The SMILES string of the molecule is COC(=O)CCCCC(=O)C(=O)c1ccccc1. The normalized spacial score (nSPS) is 9.83. The van der Waals surface area contributed by atoms with Gasteiger partial charge in [-0.1, -0.05) is 30.3 Å². The number of esters is 1. The molecular formula is C14H16O4. The van der Waals surface area contributed by atoms with E-state index in [4.69, 9.17) is 0 Å². The zero-order valence-corrected chi connectivity index (χ0v) is 10.3. The van der Waals surface area contributed by atoms with Gasteiger partial charge in [-0.2, -0.15) is 0 Å². The number of carbonyl (C=O) groups is 3. The lowest BCUT2D eigenvalue weighted by atomic mass is 10.0. The molecular weight excluding hydrogens is 232 g/mol. The Morgan fingerprint density at radius 3 is 2.22 bits per heavy atom. The summed E-state index contributed by atoms with van der Waals surface area (Å²) in [5, 5.41) is 0. The van der Waals surface area contributed by atoms with Gasteiger partial charge < -0.3 is 4.74 Å². The molecule has 0 N–H and O–H groups in total. The molecule has 0 atom stereocenters. The van der Waals surface area contributed by atoms with Gasteiger partial charge in [0.1, 0.15) is 0 Å². The molecule has 0 bridgehead atoms. The molecule has 0 unspecified atom stereocenters. The van der Waals surface area contributed by atoms with Crippen LogP contribution in [0.25, 0.3) is 0 Å². The summed E-state index contributed by atoms with van der Waals surface area (Å²) in [6, 6.07) is 8.47. The van der Waals surface area contributed by atoms with E-state index < -0.39 is 11.6 Å². The van der Waals surface area contributed by atoms with Crippen LogP contribution in [0, 0.1) is 0 Å². The number of Topliss-reactive ketones (excluding diaryl/α,β-unsaturated/α-hetero) is 2. The van der Waals surface area contributed by atoms with Crippen molar-refractivity contribution in [3.63, 3.8) is 0 Å². The van der Waals surface area contributed by atoms with Crippen LogP contribution >= 0.6 is 0 Å². The van der Waals surface area contributed by atoms with Crippen molar-refractivity contribution < 1.29 is 19.1 Å². The molecule has 0 saturated heterocycles. The minimum absolute atomic E-state index is 0.171. The van der Waals surface area contributed by atoms with Crippen molar-refractivity contribution in [1.82, 2.24) is 0 Å². The van der Waals surface area contributed by atoms with Crippen molar-refractivity contribution in [3.05, 3.63) is 35.9 Å². The van der Waals surface area contributed by atoms with Gasteiger partial charge in [-0.3, -0.25) is 14.4 Å². The number of benzene rings is 1. The summed E-state index contributed by atoms with van der Waals surface area (Å²) >= 11 is 0. The van der Waals surface area contributed by atoms with Gasteiger partial charge in [0.2, 0.25) is 11.6 Å². The molecule has 0 amide bonds. The molecule has 0 aliphatic heterocycles. The molecule has 0 saturated carbocycles. The number of hydrogen-bond donors (Lipinski definition) is 0. The second-order valence-electron chi connectivity index (χ2n) is 3.90. The van der Waals surface area contributed by atoms with Crippen molar-refractivity contribution in [2.75, 3.05) is 7.11 Å². The Balaban J connectivity index is 2.33. The molecule has 0 spiro atoms. The largest absolute Gasteiger partial charge is 0.469 e. The lowest BCUT2D eigenvalue weighted by Gasteiger charge is -2.01. The van der Waals surface area contributed by atoms with Crippen LogP contribution in [-0.2, 0) is 14.3 Å². The lowest BCUT2D eigenvalue weighted by Crippen LogP contribution is -2.13. The van der Waals surface area contributed by atoms with Crippen LogP contribution in [0.1, 0.15) is 36.0 Å². The summed E-state index contributed by atoms with van der Waals surface area (Å²) < 4.78 is 4.48. The minimum atomic E-state index is -0.464. The number of ketones is 2. The van der Waals surface area contributed by atoms with Crippen LogP contribution in [0.5, 0.6) is 0 Å². The molecule has 1 rings (SSSR count). The van der Waals surface area contributed by atoms with E-state index in [2.05, 4.69) is 4.74 Å². The van der Waals surface area contributed by atoms with Gasteiger partial charge >= 0.3 is 5.97 Å². The second kappa shape index (κ2) is 7.37. The van der Waals surface area contributed by atoms with Crippen LogP contribution in [0.4, 0.5) is 0 Å². The first kappa shape index (κ1) is 14.1.